The Morgan fingerprint density at radius 1 is 0.750 bits per heavy atom. The van der Waals surface area contributed by atoms with Crippen LogP contribution in [0.1, 0.15) is 64.7 Å². The number of hydrogen-bond acceptors (Lipinski definition) is 11. The summed E-state index contributed by atoms with van der Waals surface area (Å²) >= 11 is 0. The first kappa shape index (κ1) is 32.7. The summed E-state index contributed by atoms with van der Waals surface area (Å²) in [5.41, 5.74) is 0. The molecule has 0 spiro atoms. The first-order chi connectivity index (χ1) is 17.5. The number of hydroxylamine groups is 2. The number of ether oxygens (including phenoxy) is 2. The van der Waals surface area contributed by atoms with Crippen LogP contribution in [-0.4, -0.2) is 87.9 Å². The molecular weight excluding hydrogens is 474 g/mol. The van der Waals surface area contributed by atoms with Crippen LogP contribution in [0.4, 0.5) is 9.59 Å². The molecule has 0 fully saturated rings. The van der Waals surface area contributed by atoms with Gasteiger partial charge in [-0.1, -0.05) is 25.7 Å². The summed E-state index contributed by atoms with van der Waals surface area (Å²) in [5.74, 6) is -0.429. The van der Waals surface area contributed by atoms with Crippen LogP contribution in [0.15, 0.2) is 9.98 Å². The van der Waals surface area contributed by atoms with Crippen molar-refractivity contribution in [2.45, 2.75) is 64.7 Å². The van der Waals surface area contributed by atoms with Crippen molar-refractivity contribution in [1.29, 1.82) is 0 Å². The maximum atomic E-state index is 12.1. The van der Waals surface area contributed by atoms with Crippen molar-refractivity contribution < 1.29 is 38.3 Å². The number of amides is 2. The first-order valence-corrected chi connectivity index (χ1v) is 12.4. The van der Waals surface area contributed by atoms with Gasteiger partial charge in [-0.2, -0.15) is 0 Å². The largest absolute Gasteiger partial charge is 0.466 e. The molecule has 36 heavy (non-hydrogen) atoms. The molecule has 0 aromatic carbocycles. The van der Waals surface area contributed by atoms with Crippen molar-refractivity contribution in [1.82, 2.24) is 15.7 Å². The van der Waals surface area contributed by atoms with Gasteiger partial charge in [0.2, 0.25) is 12.2 Å². The predicted octanol–water partition coefficient (Wildman–Crippen LogP) is 2.40. The Morgan fingerprint density at radius 2 is 1.31 bits per heavy atom. The molecule has 0 unspecified atom stereocenters. The van der Waals surface area contributed by atoms with Crippen molar-refractivity contribution in [3.05, 3.63) is 0 Å². The third-order valence-corrected chi connectivity index (χ3v) is 4.72. The third-order valence-electron chi connectivity index (χ3n) is 4.72. The van der Waals surface area contributed by atoms with E-state index in [1.54, 1.807) is 6.92 Å². The molecule has 204 valence electrons. The summed E-state index contributed by atoms with van der Waals surface area (Å²) < 4.78 is 10.0. The van der Waals surface area contributed by atoms with E-state index in [0.717, 1.165) is 51.4 Å². The van der Waals surface area contributed by atoms with Crippen molar-refractivity contribution in [3.8, 4) is 0 Å². The van der Waals surface area contributed by atoms with E-state index in [9.17, 15) is 24.0 Å². The van der Waals surface area contributed by atoms with E-state index in [4.69, 9.17) is 14.3 Å². The van der Waals surface area contributed by atoms with E-state index in [0.29, 0.717) is 26.2 Å². The van der Waals surface area contributed by atoms with Crippen molar-refractivity contribution >= 4 is 30.3 Å². The minimum Gasteiger partial charge on any atom is -0.466 e. The summed E-state index contributed by atoms with van der Waals surface area (Å²) in [6, 6.07) is 0. The van der Waals surface area contributed by atoms with Gasteiger partial charge in [-0.25, -0.2) is 29.2 Å². The summed E-state index contributed by atoms with van der Waals surface area (Å²) in [4.78, 5) is 67.7. The zero-order valence-corrected chi connectivity index (χ0v) is 21.1. The molecule has 0 heterocycles. The molecule has 0 aliphatic heterocycles. The van der Waals surface area contributed by atoms with Crippen LogP contribution >= 0.6 is 0 Å². The van der Waals surface area contributed by atoms with Crippen LogP contribution in [0.2, 0.25) is 0 Å². The highest BCUT2D eigenvalue weighted by Gasteiger charge is 2.15. The molecule has 0 bridgehead atoms. The number of esters is 1. The Labute approximate surface area is 212 Å². The smallest absolute Gasteiger partial charge is 0.426 e. The average Bonchev–Trinajstić information content (AvgIpc) is 2.86. The first-order valence-electron chi connectivity index (χ1n) is 12.4. The topological polar surface area (TPSA) is 165 Å². The molecule has 0 atom stereocenters. The van der Waals surface area contributed by atoms with Gasteiger partial charge in [-0.05, 0) is 32.6 Å². The number of isocyanates is 2. The number of hydrogen-bond donors (Lipinski definition) is 2. The lowest BCUT2D eigenvalue weighted by atomic mass is 10.2. The van der Waals surface area contributed by atoms with Crippen LogP contribution in [0.3, 0.4) is 0 Å². The molecule has 0 rings (SSSR count). The molecule has 13 heteroatoms. The lowest BCUT2D eigenvalue weighted by molar-refractivity contribution is -0.149. The molecular formula is C23H39N5O8. The Balaban J connectivity index is 4.19. The minimum atomic E-state index is -0.673. The number of carbonyl (C=O) groups is 3. The second kappa shape index (κ2) is 24.8. The Hall–Kier alpha value is -3.27. The average molecular weight is 514 g/mol. The summed E-state index contributed by atoms with van der Waals surface area (Å²) in [6.07, 6.45) is 8.33. The zero-order chi connectivity index (χ0) is 26.7. The second-order valence-corrected chi connectivity index (χ2v) is 7.63. The normalized spacial score (nSPS) is 10.1. The number of aliphatic imine (C=N–C) groups is 2. The highest BCUT2D eigenvalue weighted by atomic mass is 16.7. The van der Waals surface area contributed by atoms with E-state index in [2.05, 4.69) is 20.6 Å². The van der Waals surface area contributed by atoms with Gasteiger partial charge >= 0.3 is 18.2 Å². The Bertz CT molecular complexity index is 709. The monoisotopic (exact) mass is 513 g/mol. The molecule has 0 radical (unpaired) electrons. The molecule has 2 amide bonds. The Morgan fingerprint density at radius 3 is 1.86 bits per heavy atom. The Kier molecular flexibility index (Phi) is 22.6. The molecule has 0 aliphatic carbocycles. The highest BCUT2D eigenvalue weighted by molar-refractivity contribution is 5.69. The van der Waals surface area contributed by atoms with Gasteiger partial charge in [0.1, 0.15) is 6.61 Å². The summed E-state index contributed by atoms with van der Waals surface area (Å²) in [6.45, 7) is 3.84. The SMILES string of the molecule is CCOC(=O)CCN(CCOC(=O)NCCCCCCN=C=O)OC(=O)NCCCCCCN=C=O. The molecule has 0 aromatic heterocycles. The molecule has 0 saturated heterocycles. The van der Waals surface area contributed by atoms with E-state index in [-0.39, 0.29) is 32.7 Å². The van der Waals surface area contributed by atoms with E-state index >= 15 is 0 Å². The highest BCUT2D eigenvalue weighted by Crippen LogP contribution is 2.01. The molecule has 0 saturated carbocycles. The number of carbonyl (C=O) groups excluding carboxylic acids is 5. The van der Waals surface area contributed by atoms with Crippen LogP contribution in [0.25, 0.3) is 0 Å². The maximum Gasteiger partial charge on any atom is 0.426 e. The zero-order valence-electron chi connectivity index (χ0n) is 21.1. The van der Waals surface area contributed by atoms with Crippen molar-refractivity contribution in [2.75, 3.05) is 52.5 Å². The lowest BCUT2D eigenvalue weighted by Crippen LogP contribution is -2.38. The van der Waals surface area contributed by atoms with Crippen molar-refractivity contribution in [2.24, 2.45) is 9.98 Å². The van der Waals surface area contributed by atoms with E-state index in [1.165, 1.54) is 17.2 Å². The van der Waals surface area contributed by atoms with Crippen LogP contribution in [0.5, 0.6) is 0 Å². The van der Waals surface area contributed by atoms with Gasteiger partial charge in [0.25, 0.3) is 0 Å². The number of nitrogens with one attached hydrogen (secondary N) is 2. The van der Waals surface area contributed by atoms with Gasteiger partial charge in [0.05, 0.1) is 32.7 Å². The number of nitrogens with zero attached hydrogens (tertiary/aromatic N) is 3. The quantitative estimate of drug-likeness (QED) is 0.0727. The number of rotatable bonds is 22. The van der Waals surface area contributed by atoms with Gasteiger partial charge in [0, 0.05) is 19.6 Å². The van der Waals surface area contributed by atoms with Gasteiger partial charge < -0.3 is 24.9 Å². The third kappa shape index (κ3) is 22.5. The molecule has 0 aromatic rings. The number of alkyl carbamates (subject to hydrolysis) is 1. The van der Waals surface area contributed by atoms with Crippen LogP contribution in [-0.2, 0) is 28.7 Å². The lowest BCUT2D eigenvalue weighted by Gasteiger charge is -2.21. The number of unbranched alkanes of at least 4 members (excludes halogenated alkanes) is 6. The fourth-order valence-electron chi connectivity index (χ4n) is 2.90. The fraction of sp³-hybridized carbons (Fsp3) is 0.783. The predicted molar refractivity (Wildman–Crippen MR) is 130 cm³/mol. The standard InChI is InChI=1S/C23H39N5O8/c1-2-34-21(31)11-16-28(36-23(33)27-15-10-6-4-8-13-25-20-30)17-18-35-22(32)26-14-9-5-3-7-12-24-19-29/h2-18H2,1H3,(H,26,32)(H,27,33). The minimum absolute atomic E-state index is 0.00868. The van der Waals surface area contributed by atoms with E-state index < -0.39 is 18.2 Å². The maximum absolute atomic E-state index is 12.1. The molecule has 2 N–H and O–H groups in total. The van der Waals surface area contributed by atoms with Crippen LogP contribution < -0.4 is 10.6 Å². The van der Waals surface area contributed by atoms with Gasteiger partial charge in [-0.15, -0.1) is 5.06 Å². The molecule has 13 nitrogen and oxygen atoms in total. The van der Waals surface area contributed by atoms with Gasteiger partial charge in [-0.3, -0.25) is 4.79 Å². The van der Waals surface area contributed by atoms with Gasteiger partial charge in [0.15, 0.2) is 0 Å². The van der Waals surface area contributed by atoms with Crippen molar-refractivity contribution in [3.63, 3.8) is 0 Å². The van der Waals surface area contributed by atoms with Crippen LogP contribution in [0, 0.1) is 0 Å². The summed E-state index contributed by atoms with van der Waals surface area (Å²) in [5, 5.41) is 6.52. The van der Waals surface area contributed by atoms with E-state index in [1.807, 2.05) is 0 Å². The summed E-state index contributed by atoms with van der Waals surface area (Å²) in [7, 11) is 0. The fourth-order valence-corrected chi connectivity index (χ4v) is 2.90. The molecule has 0 aliphatic rings. The second-order valence-electron chi connectivity index (χ2n) is 7.63.